The molecule has 7 nitrogen and oxygen atoms in total. The summed E-state index contributed by atoms with van der Waals surface area (Å²) in [7, 11) is -3.09. The Labute approximate surface area is 189 Å². The van der Waals surface area contributed by atoms with Gasteiger partial charge in [0.2, 0.25) is 5.92 Å². The van der Waals surface area contributed by atoms with Crippen LogP contribution in [-0.2, 0) is 9.73 Å². The van der Waals surface area contributed by atoms with Crippen LogP contribution < -0.4 is 10.2 Å². The lowest BCUT2D eigenvalue weighted by molar-refractivity contribution is -0.0102. The molecule has 4 rings (SSSR count). The first-order chi connectivity index (χ1) is 15.5. The molecule has 1 atom stereocenters. The van der Waals surface area contributed by atoms with Crippen molar-refractivity contribution >= 4 is 38.0 Å². The van der Waals surface area contributed by atoms with E-state index >= 15 is 0 Å². The molecule has 1 amide bonds. The van der Waals surface area contributed by atoms with Gasteiger partial charge in [-0.2, -0.15) is 0 Å². The van der Waals surface area contributed by atoms with Gasteiger partial charge in [0.05, 0.1) is 20.8 Å². The van der Waals surface area contributed by atoms with Gasteiger partial charge in [0.1, 0.15) is 16.7 Å². The fraction of sp³-hybridized carbons (Fsp3) is 0.318. The lowest BCUT2D eigenvalue weighted by Crippen LogP contribution is -2.29. The van der Waals surface area contributed by atoms with Crippen molar-refractivity contribution in [3.8, 4) is 0 Å². The van der Waals surface area contributed by atoms with Crippen molar-refractivity contribution in [2.75, 3.05) is 29.6 Å². The molecule has 1 aliphatic rings. The molecule has 1 saturated heterocycles. The third-order valence-corrected chi connectivity index (χ3v) is 6.44. The van der Waals surface area contributed by atoms with Gasteiger partial charge >= 0.3 is 0 Å². The quantitative estimate of drug-likeness (QED) is 0.568. The second-order valence-electron chi connectivity index (χ2n) is 8.07. The molecule has 174 valence electrons. The number of rotatable bonds is 4. The number of alkyl halides is 2. The van der Waals surface area contributed by atoms with Crippen LogP contribution >= 0.6 is 0 Å². The van der Waals surface area contributed by atoms with E-state index in [1.807, 2.05) is 0 Å². The van der Waals surface area contributed by atoms with Gasteiger partial charge in [-0.15, -0.1) is 0 Å². The van der Waals surface area contributed by atoms with Gasteiger partial charge in [-0.05, 0) is 36.8 Å². The van der Waals surface area contributed by atoms with Crippen LogP contribution in [0.25, 0.3) is 10.9 Å². The summed E-state index contributed by atoms with van der Waals surface area (Å²) in [4.78, 5) is 23.2. The average molecular weight is 478 g/mol. The van der Waals surface area contributed by atoms with E-state index in [0.717, 1.165) is 0 Å². The first-order valence-electron chi connectivity index (χ1n) is 10.3. The summed E-state index contributed by atoms with van der Waals surface area (Å²) in [5.41, 5.74) is 0.726. The summed E-state index contributed by atoms with van der Waals surface area (Å²) in [6.07, 6.45) is 2.15. The van der Waals surface area contributed by atoms with Crippen LogP contribution in [0.3, 0.4) is 0 Å². The second kappa shape index (κ2) is 8.62. The smallest absolute Gasteiger partial charge is 0.259 e. The number of aromatic nitrogens is 2. The number of amides is 1. The summed E-state index contributed by atoms with van der Waals surface area (Å²) in [5.74, 6) is -3.66. The normalized spacial score (nSPS) is 17.9. The molecule has 1 unspecified atom stereocenters. The zero-order chi connectivity index (χ0) is 23.8. The molecule has 0 radical (unpaired) electrons. The van der Waals surface area contributed by atoms with E-state index in [4.69, 9.17) is 4.78 Å². The van der Waals surface area contributed by atoms with Crippen LogP contribution in [0.5, 0.6) is 0 Å². The van der Waals surface area contributed by atoms with Crippen molar-refractivity contribution in [2.24, 2.45) is 0 Å². The van der Waals surface area contributed by atoms with Crippen molar-refractivity contribution in [2.45, 2.75) is 30.2 Å². The average Bonchev–Trinajstić information content (AvgIpc) is 2.92. The highest BCUT2D eigenvalue weighted by Crippen LogP contribution is 2.32. The van der Waals surface area contributed by atoms with Crippen LogP contribution in [-0.4, -0.2) is 45.4 Å². The third-order valence-electron chi connectivity index (χ3n) is 5.41. The monoisotopic (exact) mass is 477 g/mol. The highest BCUT2D eigenvalue weighted by molar-refractivity contribution is 7.91. The summed E-state index contributed by atoms with van der Waals surface area (Å²) in [6, 6.07) is 8.36. The molecule has 1 aliphatic heterocycles. The van der Waals surface area contributed by atoms with Gasteiger partial charge in [-0.1, -0.05) is 0 Å². The predicted octanol–water partition coefficient (Wildman–Crippen LogP) is 4.68. The van der Waals surface area contributed by atoms with Gasteiger partial charge in [-0.3, -0.25) is 4.79 Å². The van der Waals surface area contributed by atoms with Crippen LogP contribution in [0.15, 0.2) is 47.6 Å². The van der Waals surface area contributed by atoms with Crippen LogP contribution in [0.2, 0.25) is 0 Å². The van der Waals surface area contributed by atoms with E-state index in [-0.39, 0.29) is 54.4 Å². The maximum absolute atomic E-state index is 13.9. The van der Waals surface area contributed by atoms with Crippen molar-refractivity contribution in [1.82, 2.24) is 9.97 Å². The molecule has 33 heavy (non-hydrogen) atoms. The number of hydrogen-bond acceptors (Lipinski definition) is 6. The molecule has 0 spiro atoms. The Morgan fingerprint density at radius 3 is 2.73 bits per heavy atom. The van der Waals surface area contributed by atoms with E-state index in [2.05, 4.69) is 15.3 Å². The minimum absolute atomic E-state index is 0.00273. The maximum Gasteiger partial charge on any atom is 0.259 e. The summed E-state index contributed by atoms with van der Waals surface area (Å²) < 4.78 is 61.3. The molecule has 3 heterocycles. The Morgan fingerprint density at radius 2 is 1.97 bits per heavy atom. The minimum Gasteiger partial charge on any atom is -0.356 e. The molecule has 0 aliphatic carbocycles. The first kappa shape index (κ1) is 23.0. The van der Waals surface area contributed by atoms with Crippen molar-refractivity contribution in [1.29, 1.82) is 4.78 Å². The molecule has 1 fully saturated rings. The number of nitrogens with zero attached hydrogens (tertiary/aromatic N) is 3. The number of carbonyl (C=O) groups excluding carboxylic acids is 1. The first-order valence-corrected chi connectivity index (χ1v) is 12.2. The summed E-state index contributed by atoms with van der Waals surface area (Å²) in [5, 5.41) is 3.21. The number of nitrogens with one attached hydrogen (secondary N) is 2. The van der Waals surface area contributed by atoms with E-state index in [0.29, 0.717) is 10.9 Å². The Kier molecular flexibility index (Phi) is 6.00. The number of carbonyl (C=O) groups is 1. The Hall–Kier alpha value is -3.21. The fourth-order valence-corrected chi connectivity index (χ4v) is 4.33. The van der Waals surface area contributed by atoms with Gasteiger partial charge < -0.3 is 10.2 Å². The lowest BCUT2D eigenvalue weighted by Gasteiger charge is -2.24. The summed E-state index contributed by atoms with van der Waals surface area (Å²) in [6.45, 7) is 0.275. The van der Waals surface area contributed by atoms with Gasteiger partial charge in [-0.25, -0.2) is 32.1 Å². The predicted molar refractivity (Wildman–Crippen MR) is 120 cm³/mol. The van der Waals surface area contributed by atoms with Gasteiger partial charge in [0.25, 0.3) is 5.91 Å². The molecule has 0 saturated carbocycles. The van der Waals surface area contributed by atoms with E-state index in [1.165, 1.54) is 42.8 Å². The topological polar surface area (TPSA) is 99.0 Å². The fourth-order valence-electron chi connectivity index (χ4n) is 3.71. The van der Waals surface area contributed by atoms with Crippen molar-refractivity contribution in [3.05, 3.63) is 54.0 Å². The number of pyridine rings is 2. The SMILES string of the molecule is CS(=N)(=O)c1cc(NC(=O)c2cc3ccc(F)cc3nc2N2CCCC(F)(F)CC2)ccn1. The largest absolute Gasteiger partial charge is 0.356 e. The third kappa shape index (κ3) is 5.24. The zero-order valence-electron chi connectivity index (χ0n) is 17.8. The second-order valence-corrected chi connectivity index (χ2v) is 10.2. The molecule has 3 aromatic rings. The number of anilines is 2. The Balaban J connectivity index is 1.74. The molecule has 2 N–H and O–H groups in total. The number of halogens is 3. The number of benzene rings is 1. The standard InChI is InChI=1S/C22H22F3N5O2S/c1-33(26,32)19-13-16(5-8-27-19)28-21(31)17-11-14-3-4-15(23)12-18(14)29-20(17)30-9-2-6-22(24,25)7-10-30/h3-5,8,11-13,26H,2,6-7,9-10H2,1H3,(H,27,28,31). The van der Waals surface area contributed by atoms with Crippen LogP contribution in [0.1, 0.15) is 29.6 Å². The highest BCUT2D eigenvalue weighted by Gasteiger charge is 2.33. The lowest BCUT2D eigenvalue weighted by atomic mass is 10.1. The Morgan fingerprint density at radius 1 is 1.18 bits per heavy atom. The molecule has 11 heteroatoms. The van der Waals surface area contributed by atoms with Gasteiger partial charge in [0, 0.05) is 55.5 Å². The number of hydrogen-bond donors (Lipinski definition) is 2. The molecule has 0 bridgehead atoms. The molecular weight excluding hydrogens is 455 g/mol. The molecule has 1 aromatic carbocycles. The highest BCUT2D eigenvalue weighted by atomic mass is 32.2. The van der Waals surface area contributed by atoms with E-state index < -0.39 is 27.4 Å². The summed E-state index contributed by atoms with van der Waals surface area (Å²) >= 11 is 0. The van der Waals surface area contributed by atoms with Gasteiger partial charge in [0.15, 0.2) is 0 Å². The van der Waals surface area contributed by atoms with Crippen LogP contribution in [0, 0.1) is 10.6 Å². The van der Waals surface area contributed by atoms with E-state index in [9.17, 15) is 22.2 Å². The van der Waals surface area contributed by atoms with E-state index in [1.54, 1.807) is 11.0 Å². The van der Waals surface area contributed by atoms with Crippen molar-refractivity contribution < 1.29 is 22.2 Å². The minimum atomic E-state index is -3.09. The van der Waals surface area contributed by atoms with Crippen LogP contribution in [0.4, 0.5) is 24.7 Å². The van der Waals surface area contributed by atoms with Crippen molar-refractivity contribution in [3.63, 3.8) is 0 Å². The molecular formula is C22H22F3N5O2S. The zero-order valence-corrected chi connectivity index (χ0v) is 18.6. The Bertz CT molecular complexity index is 1330. The molecule has 2 aromatic heterocycles. The maximum atomic E-state index is 13.9. The number of fused-ring (bicyclic) bond motifs is 1.